The van der Waals surface area contributed by atoms with Crippen LogP contribution >= 0.6 is 0 Å². The van der Waals surface area contributed by atoms with Crippen molar-refractivity contribution in [3.63, 3.8) is 0 Å². The van der Waals surface area contributed by atoms with E-state index in [0.29, 0.717) is 16.7 Å². The Balaban J connectivity index is 1.46. The first-order valence-electron chi connectivity index (χ1n) is 8.17. The molecule has 0 bridgehead atoms. The van der Waals surface area contributed by atoms with Crippen LogP contribution in [0.15, 0.2) is 58.2 Å². The minimum Gasteiger partial charge on any atom is -0.443 e. The van der Waals surface area contributed by atoms with Gasteiger partial charge in [0.2, 0.25) is 10.0 Å². The molecule has 9 nitrogen and oxygen atoms in total. The Labute approximate surface area is 154 Å². The summed E-state index contributed by atoms with van der Waals surface area (Å²) in [5.74, 6) is 0. The minimum atomic E-state index is -3.83. The Hall–Kier alpha value is -3.11. The third-order valence-electron chi connectivity index (χ3n) is 4.24. The molecule has 1 aliphatic rings. The lowest BCUT2D eigenvalue weighted by Gasteiger charge is -2.13. The smallest absolute Gasteiger partial charge is 0.414 e. The fourth-order valence-corrected chi connectivity index (χ4v) is 4.00. The van der Waals surface area contributed by atoms with Crippen LogP contribution < -0.4 is 15.3 Å². The number of benzene rings is 2. The molecule has 3 N–H and O–H groups in total. The number of sulfonamides is 1. The predicted molar refractivity (Wildman–Crippen MR) is 98.2 cm³/mol. The summed E-state index contributed by atoms with van der Waals surface area (Å²) in [6.07, 6.45) is -1.13. The molecule has 1 saturated heterocycles. The van der Waals surface area contributed by atoms with E-state index >= 15 is 0 Å². The van der Waals surface area contributed by atoms with E-state index in [9.17, 15) is 18.0 Å². The molecule has 1 amide bonds. The summed E-state index contributed by atoms with van der Waals surface area (Å²) in [7, 11) is -3.83. The topological polar surface area (TPSA) is 124 Å². The lowest BCUT2D eigenvalue weighted by Crippen LogP contribution is -2.34. The zero-order valence-corrected chi connectivity index (χ0v) is 14.8. The molecule has 0 saturated carbocycles. The number of fused-ring (bicyclic) bond motifs is 1. The third kappa shape index (κ3) is 3.44. The van der Waals surface area contributed by atoms with E-state index in [1.165, 1.54) is 23.1 Å². The minimum absolute atomic E-state index is 0.00879. The molecule has 1 fully saturated rings. The van der Waals surface area contributed by atoms with Crippen molar-refractivity contribution < 1.29 is 17.9 Å². The van der Waals surface area contributed by atoms with Crippen LogP contribution in [0.1, 0.15) is 0 Å². The number of nitrogens with zero attached hydrogens (tertiary/aromatic N) is 1. The third-order valence-corrected chi connectivity index (χ3v) is 5.66. The number of amides is 1. The SMILES string of the molecule is O=C1OC(CNS(=O)(=O)c2ccc3[nH]c(=O)[nH]c3c2)CN1c1ccccc1. The number of para-hydroxylation sites is 1. The Morgan fingerprint density at radius 2 is 1.81 bits per heavy atom. The van der Waals surface area contributed by atoms with E-state index in [0.717, 1.165) is 0 Å². The van der Waals surface area contributed by atoms with Crippen LogP contribution in [0.5, 0.6) is 0 Å². The van der Waals surface area contributed by atoms with Gasteiger partial charge in [0.15, 0.2) is 0 Å². The maximum absolute atomic E-state index is 12.5. The number of rotatable bonds is 5. The number of H-pyrrole nitrogens is 2. The molecule has 10 heteroatoms. The van der Waals surface area contributed by atoms with Gasteiger partial charge in [0.1, 0.15) is 6.10 Å². The highest BCUT2D eigenvalue weighted by Crippen LogP contribution is 2.21. The van der Waals surface area contributed by atoms with Crippen molar-refractivity contribution in [2.75, 3.05) is 18.0 Å². The molecule has 140 valence electrons. The second-order valence-corrected chi connectivity index (χ2v) is 7.86. The van der Waals surface area contributed by atoms with Gasteiger partial charge >= 0.3 is 11.8 Å². The van der Waals surface area contributed by atoms with Crippen molar-refractivity contribution >= 4 is 32.8 Å². The number of imidazole rings is 1. The molecule has 2 heterocycles. The summed E-state index contributed by atoms with van der Waals surface area (Å²) < 4.78 is 32.7. The molecular formula is C17H16N4O5S. The van der Waals surface area contributed by atoms with E-state index in [-0.39, 0.29) is 18.0 Å². The van der Waals surface area contributed by atoms with Crippen molar-refractivity contribution in [3.8, 4) is 0 Å². The largest absolute Gasteiger partial charge is 0.443 e. The Kier molecular flexibility index (Phi) is 4.21. The van der Waals surface area contributed by atoms with Crippen molar-refractivity contribution in [2.45, 2.75) is 11.0 Å². The van der Waals surface area contributed by atoms with Gasteiger partial charge < -0.3 is 14.7 Å². The number of aromatic nitrogens is 2. The van der Waals surface area contributed by atoms with E-state index in [1.54, 1.807) is 24.3 Å². The normalized spacial score (nSPS) is 17.4. The Bertz CT molecular complexity index is 1150. The fraction of sp³-hybridized carbons (Fsp3) is 0.176. The summed E-state index contributed by atoms with van der Waals surface area (Å²) in [6.45, 7) is 0.189. The maximum atomic E-state index is 12.5. The molecule has 2 aromatic carbocycles. The second-order valence-electron chi connectivity index (χ2n) is 6.09. The molecule has 0 spiro atoms. The summed E-state index contributed by atoms with van der Waals surface area (Å²) in [5.41, 5.74) is 1.19. The van der Waals surface area contributed by atoms with Crippen molar-refractivity contribution in [1.29, 1.82) is 0 Å². The summed E-state index contributed by atoms with van der Waals surface area (Å²) >= 11 is 0. The van der Waals surface area contributed by atoms with Crippen LogP contribution in [0.3, 0.4) is 0 Å². The number of ether oxygens (including phenoxy) is 1. The first-order valence-corrected chi connectivity index (χ1v) is 9.66. The molecule has 3 aromatic rings. The number of carbonyl (C=O) groups excluding carboxylic acids is 1. The summed E-state index contributed by atoms with van der Waals surface area (Å²) in [5, 5.41) is 0. The highest BCUT2D eigenvalue weighted by atomic mass is 32.2. The van der Waals surface area contributed by atoms with Gasteiger partial charge in [-0.25, -0.2) is 22.7 Å². The van der Waals surface area contributed by atoms with Gasteiger partial charge in [-0.2, -0.15) is 0 Å². The van der Waals surface area contributed by atoms with Gasteiger partial charge in [-0.05, 0) is 30.3 Å². The zero-order valence-electron chi connectivity index (χ0n) is 14.0. The molecule has 1 aliphatic heterocycles. The van der Waals surface area contributed by atoms with Gasteiger partial charge in [0.05, 0.1) is 22.5 Å². The molecular weight excluding hydrogens is 372 g/mol. The Morgan fingerprint density at radius 1 is 1.07 bits per heavy atom. The summed E-state index contributed by atoms with van der Waals surface area (Å²) in [4.78, 5) is 29.8. The van der Waals surface area contributed by atoms with Crippen LogP contribution in [0.2, 0.25) is 0 Å². The monoisotopic (exact) mass is 388 g/mol. The van der Waals surface area contributed by atoms with Crippen LogP contribution in [0.4, 0.5) is 10.5 Å². The van der Waals surface area contributed by atoms with Gasteiger partial charge in [-0.1, -0.05) is 18.2 Å². The molecule has 0 radical (unpaired) electrons. The van der Waals surface area contributed by atoms with E-state index in [1.807, 2.05) is 6.07 Å². The number of cyclic esters (lactones) is 1. The van der Waals surface area contributed by atoms with Crippen LogP contribution in [0, 0.1) is 0 Å². The van der Waals surface area contributed by atoms with E-state index in [2.05, 4.69) is 14.7 Å². The maximum Gasteiger partial charge on any atom is 0.414 e. The fourth-order valence-electron chi connectivity index (χ4n) is 2.91. The first kappa shape index (κ1) is 17.3. The standard InChI is InChI=1S/C17H16N4O5S/c22-16-19-14-7-6-13(8-15(14)20-16)27(24,25)18-9-12-10-21(17(23)26-12)11-4-2-1-3-5-11/h1-8,12,18H,9-10H2,(H2,19,20,22). The number of hydrogen-bond donors (Lipinski definition) is 3. The average Bonchev–Trinajstić information content (AvgIpc) is 3.21. The number of aromatic amines is 2. The van der Waals surface area contributed by atoms with E-state index < -0.39 is 27.9 Å². The van der Waals surface area contributed by atoms with Crippen molar-refractivity contribution in [1.82, 2.24) is 14.7 Å². The van der Waals surface area contributed by atoms with Crippen molar-refractivity contribution in [3.05, 3.63) is 59.0 Å². The van der Waals surface area contributed by atoms with Crippen molar-refractivity contribution in [2.24, 2.45) is 0 Å². The molecule has 27 heavy (non-hydrogen) atoms. The Morgan fingerprint density at radius 3 is 2.59 bits per heavy atom. The number of carbonyl (C=O) groups is 1. The highest BCUT2D eigenvalue weighted by Gasteiger charge is 2.33. The van der Waals surface area contributed by atoms with Gasteiger partial charge in [0, 0.05) is 12.2 Å². The lowest BCUT2D eigenvalue weighted by molar-refractivity contribution is 0.143. The molecule has 1 unspecified atom stereocenters. The highest BCUT2D eigenvalue weighted by molar-refractivity contribution is 7.89. The molecule has 1 aromatic heterocycles. The van der Waals surface area contributed by atoms with Crippen LogP contribution in [-0.4, -0.2) is 43.7 Å². The van der Waals surface area contributed by atoms with Crippen LogP contribution in [-0.2, 0) is 14.8 Å². The predicted octanol–water partition coefficient (Wildman–Crippen LogP) is 1.16. The number of anilines is 1. The zero-order chi connectivity index (χ0) is 19.0. The molecule has 4 rings (SSSR count). The number of nitrogens with one attached hydrogen (secondary N) is 3. The van der Waals surface area contributed by atoms with Gasteiger partial charge in [0.25, 0.3) is 0 Å². The second kappa shape index (κ2) is 6.56. The molecule has 0 aliphatic carbocycles. The lowest BCUT2D eigenvalue weighted by atomic mass is 10.3. The van der Waals surface area contributed by atoms with Gasteiger partial charge in [-0.15, -0.1) is 0 Å². The molecule has 1 atom stereocenters. The van der Waals surface area contributed by atoms with Crippen LogP contribution in [0.25, 0.3) is 11.0 Å². The van der Waals surface area contributed by atoms with Gasteiger partial charge in [-0.3, -0.25) is 4.90 Å². The first-order chi connectivity index (χ1) is 12.9. The number of hydrogen-bond acceptors (Lipinski definition) is 5. The quantitative estimate of drug-likeness (QED) is 0.605. The average molecular weight is 388 g/mol. The summed E-state index contributed by atoms with van der Waals surface area (Å²) in [6, 6.07) is 13.3. The van der Waals surface area contributed by atoms with E-state index in [4.69, 9.17) is 4.74 Å².